The van der Waals surface area contributed by atoms with Crippen LogP contribution in [0.1, 0.15) is 0 Å². The van der Waals surface area contributed by atoms with E-state index in [0.29, 0.717) is 24.0 Å². The van der Waals surface area contributed by atoms with E-state index in [4.69, 9.17) is 21.1 Å². The predicted octanol–water partition coefficient (Wildman–Crippen LogP) is 2.93. The van der Waals surface area contributed by atoms with E-state index in [2.05, 4.69) is 10.2 Å². The number of hydrogen-bond donors (Lipinski definition) is 1. The highest BCUT2D eigenvalue weighted by molar-refractivity contribution is 7.99. The molecule has 8 heteroatoms. The second-order valence-electron chi connectivity index (χ2n) is 5.25. The molecular formula is C17H18ClN3O3S. The number of halogens is 1. The summed E-state index contributed by atoms with van der Waals surface area (Å²) >= 11 is 7.25. The van der Waals surface area contributed by atoms with Crippen molar-refractivity contribution in [3.05, 3.63) is 53.7 Å². The zero-order chi connectivity index (χ0) is 17.5. The molecule has 0 radical (unpaired) electrons. The number of aromatic nitrogens is 3. The molecule has 2 heterocycles. The average molecular weight is 380 g/mol. The Morgan fingerprint density at radius 2 is 1.96 bits per heavy atom. The van der Waals surface area contributed by atoms with E-state index in [1.54, 1.807) is 24.3 Å². The van der Waals surface area contributed by atoms with Crippen LogP contribution in [-0.2, 0) is 4.74 Å². The van der Waals surface area contributed by atoms with E-state index >= 15 is 0 Å². The first kappa shape index (κ1) is 18.0. The van der Waals surface area contributed by atoms with Gasteiger partial charge in [-0.3, -0.25) is 4.40 Å². The van der Waals surface area contributed by atoms with Crippen molar-refractivity contribution in [1.82, 2.24) is 14.6 Å². The highest BCUT2D eigenvalue weighted by Crippen LogP contribution is 2.18. The molecule has 0 amide bonds. The fourth-order valence-electron chi connectivity index (χ4n) is 2.11. The van der Waals surface area contributed by atoms with Gasteiger partial charge in [0.05, 0.1) is 19.3 Å². The van der Waals surface area contributed by atoms with Crippen molar-refractivity contribution in [3.63, 3.8) is 0 Å². The standard InChI is InChI=1S/C17H18ClN3O3S/c18-13-4-6-15(7-5-13)24-10-9-23-11-14(22)12-25-17-20-19-16-3-1-2-8-21(16)17/h1-8,14,22H,9-12H2. The molecular weight excluding hydrogens is 362 g/mol. The lowest BCUT2D eigenvalue weighted by molar-refractivity contribution is 0.0348. The van der Waals surface area contributed by atoms with E-state index in [-0.39, 0.29) is 6.61 Å². The number of nitrogens with zero attached hydrogens (tertiary/aromatic N) is 3. The molecule has 2 aromatic heterocycles. The predicted molar refractivity (Wildman–Crippen MR) is 97.5 cm³/mol. The molecule has 1 N–H and O–H groups in total. The Bertz CT molecular complexity index is 797. The van der Waals surface area contributed by atoms with E-state index in [0.717, 1.165) is 16.6 Å². The van der Waals surface area contributed by atoms with Crippen molar-refractivity contribution < 1.29 is 14.6 Å². The normalized spacial score (nSPS) is 12.4. The molecule has 0 spiro atoms. The fourth-order valence-corrected chi connectivity index (χ4v) is 3.06. The first-order valence-electron chi connectivity index (χ1n) is 7.79. The highest BCUT2D eigenvalue weighted by atomic mass is 35.5. The lowest BCUT2D eigenvalue weighted by Gasteiger charge is -2.11. The maximum Gasteiger partial charge on any atom is 0.195 e. The summed E-state index contributed by atoms with van der Waals surface area (Å²) < 4.78 is 12.8. The van der Waals surface area contributed by atoms with Crippen molar-refractivity contribution in [2.75, 3.05) is 25.6 Å². The van der Waals surface area contributed by atoms with Gasteiger partial charge in [-0.05, 0) is 36.4 Å². The van der Waals surface area contributed by atoms with E-state index in [1.165, 1.54) is 11.8 Å². The van der Waals surface area contributed by atoms with Crippen molar-refractivity contribution in [3.8, 4) is 5.75 Å². The molecule has 0 bridgehead atoms. The number of aliphatic hydroxyl groups excluding tert-OH is 1. The van der Waals surface area contributed by atoms with Gasteiger partial charge >= 0.3 is 0 Å². The van der Waals surface area contributed by atoms with Crippen LogP contribution in [0.5, 0.6) is 5.75 Å². The van der Waals surface area contributed by atoms with Gasteiger partial charge in [0.25, 0.3) is 0 Å². The van der Waals surface area contributed by atoms with Crippen LogP contribution in [0.4, 0.5) is 0 Å². The van der Waals surface area contributed by atoms with Crippen LogP contribution < -0.4 is 4.74 Å². The number of fused-ring (bicyclic) bond motifs is 1. The molecule has 25 heavy (non-hydrogen) atoms. The Morgan fingerprint density at radius 3 is 2.80 bits per heavy atom. The molecule has 6 nitrogen and oxygen atoms in total. The number of rotatable bonds is 9. The third-order valence-corrected chi connectivity index (χ3v) is 4.65. The molecule has 0 fully saturated rings. The second-order valence-corrected chi connectivity index (χ2v) is 6.68. The van der Waals surface area contributed by atoms with Crippen LogP contribution >= 0.6 is 23.4 Å². The van der Waals surface area contributed by atoms with Crippen LogP contribution in [0.25, 0.3) is 5.65 Å². The third kappa shape index (κ3) is 5.34. The molecule has 0 aliphatic heterocycles. The summed E-state index contributed by atoms with van der Waals surface area (Å²) in [6.07, 6.45) is 1.31. The largest absolute Gasteiger partial charge is 0.491 e. The second kappa shape index (κ2) is 9.05. The minimum atomic E-state index is -0.586. The molecule has 0 aliphatic carbocycles. The zero-order valence-electron chi connectivity index (χ0n) is 13.4. The summed E-state index contributed by atoms with van der Waals surface area (Å²) in [6.45, 7) is 1.06. The first-order chi connectivity index (χ1) is 12.2. The van der Waals surface area contributed by atoms with Gasteiger partial charge in [-0.1, -0.05) is 29.4 Å². The molecule has 0 aliphatic rings. The number of benzene rings is 1. The van der Waals surface area contributed by atoms with E-state index < -0.39 is 6.10 Å². The molecule has 1 atom stereocenters. The van der Waals surface area contributed by atoms with Crippen LogP contribution in [-0.4, -0.2) is 51.4 Å². The van der Waals surface area contributed by atoms with E-state index in [9.17, 15) is 5.11 Å². The molecule has 0 saturated carbocycles. The highest BCUT2D eigenvalue weighted by Gasteiger charge is 2.10. The van der Waals surface area contributed by atoms with Crippen molar-refractivity contribution in [2.24, 2.45) is 0 Å². The molecule has 132 valence electrons. The maximum absolute atomic E-state index is 10.0. The summed E-state index contributed by atoms with van der Waals surface area (Å²) in [7, 11) is 0. The molecule has 3 rings (SSSR count). The number of ether oxygens (including phenoxy) is 2. The summed E-state index contributed by atoms with van der Waals surface area (Å²) in [5.74, 6) is 1.22. The Hall–Kier alpha value is -1.80. The van der Waals surface area contributed by atoms with Crippen molar-refractivity contribution in [1.29, 1.82) is 0 Å². The van der Waals surface area contributed by atoms with Crippen LogP contribution in [0.2, 0.25) is 5.02 Å². The van der Waals surface area contributed by atoms with Gasteiger partial charge in [-0.25, -0.2) is 0 Å². The Balaban J connectivity index is 1.33. The van der Waals surface area contributed by atoms with Crippen molar-refractivity contribution >= 4 is 29.0 Å². The van der Waals surface area contributed by atoms with Gasteiger partial charge < -0.3 is 14.6 Å². The zero-order valence-corrected chi connectivity index (χ0v) is 15.0. The van der Waals surface area contributed by atoms with Gasteiger partial charge in [0.2, 0.25) is 0 Å². The average Bonchev–Trinajstić information content (AvgIpc) is 3.04. The molecule has 3 aromatic rings. The monoisotopic (exact) mass is 379 g/mol. The quantitative estimate of drug-likeness (QED) is 0.455. The lowest BCUT2D eigenvalue weighted by Crippen LogP contribution is -2.20. The summed E-state index contributed by atoms with van der Waals surface area (Å²) in [4.78, 5) is 0. The van der Waals surface area contributed by atoms with Gasteiger partial charge in [0.15, 0.2) is 10.8 Å². The topological polar surface area (TPSA) is 68.9 Å². The summed E-state index contributed by atoms with van der Waals surface area (Å²) in [5, 5.41) is 19.6. The first-order valence-corrected chi connectivity index (χ1v) is 9.15. The number of pyridine rings is 1. The fraction of sp³-hybridized carbons (Fsp3) is 0.294. The van der Waals surface area contributed by atoms with Gasteiger partial charge in [0, 0.05) is 17.0 Å². The van der Waals surface area contributed by atoms with Crippen LogP contribution in [0.3, 0.4) is 0 Å². The Kier molecular flexibility index (Phi) is 6.52. The molecule has 0 saturated heterocycles. The number of hydrogen-bond acceptors (Lipinski definition) is 6. The summed E-state index contributed by atoms with van der Waals surface area (Å²) in [5.41, 5.74) is 0.787. The Labute approximate surface area is 154 Å². The van der Waals surface area contributed by atoms with Crippen LogP contribution in [0, 0.1) is 0 Å². The summed E-state index contributed by atoms with van der Waals surface area (Å²) in [6, 6.07) is 12.9. The van der Waals surface area contributed by atoms with Gasteiger partial charge in [0.1, 0.15) is 12.4 Å². The molecule has 1 unspecified atom stereocenters. The molecule has 1 aromatic carbocycles. The van der Waals surface area contributed by atoms with Crippen LogP contribution in [0.15, 0.2) is 53.8 Å². The minimum Gasteiger partial charge on any atom is -0.491 e. The van der Waals surface area contributed by atoms with E-state index in [1.807, 2.05) is 28.8 Å². The Morgan fingerprint density at radius 1 is 1.12 bits per heavy atom. The van der Waals surface area contributed by atoms with Gasteiger partial charge in [-0.2, -0.15) is 0 Å². The number of thioether (sulfide) groups is 1. The van der Waals surface area contributed by atoms with Crippen molar-refractivity contribution in [2.45, 2.75) is 11.3 Å². The maximum atomic E-state index is 10.0. The number of aliphatic hydroxyl groups is 1. The third-order valence-electron chi connectivity index (χ3n) is 3.31. The SMILES string of the molecule is OC(COCCOc1ccc(Cl)cc1)CSc1nnc2ccccn12. The van der Waals surface area contributed by atoms with Gasteiger partial charge in [-0.15, -0.1) is 10.2 Å². The smallest absolute Gasteiger partial charge is 0.195 e. The lowest BCUT2D eigenvalue weighted by atomic mass is 10.3. The minimum absolute atomic E-state index is 0.244.